The van der Waals surface area contributed by atoms with Crippen LogP contribution in [-0.2, 0) is 16.2 Å². The molecule has 0 aliphatic heterocycles. The summed E-state index contributed by atoms with van der Waals surface area (Å²) in [6.45, 7) is -0.128. The summed E-state index contributed by atoms with van der Waals surface area (Å²) in [5, 5.41) is 6.99. The first-order chi connectivity index (χ1) is 16.7. The number of amides is 2. The molecule has 0 heterocycles. The molecule has 35 heavy (non-hydrogen) atoms. The zero-order chi connectivity index (χ0) is 25.5. The lowest BCUT2D eigenvalue weighted by atomic mass is 10.2. The van der Waals surface area contributed by atoms with E-state index in [1.807, 2.05) is 0 Å². The number of carbonyl (C=O) groups excluding carboxylic acids is 2. The minimum absolute atomic E-state index is 0.128. The van der Waals surface area contributed by atoms with Crippen LogP contribution < -0.4 is 20.2 Å². The van der Waals surface area contributed by atoms with Crippen LogP contribution in [0.15, 0.2) is 58.1 Å². The summed E-state index contributed by atoms with van der Waals surface area (Å²) < 4.78 is 25.6. The van der Waals surface area contributed by atoms with E-state index >= 15 is 0 Å². The Morgan fingerprint density at radius 2 is 1.80 bits per heavy atom. The van der Waals surface area contributed by atoms with Gasteiger partial charge in [-0.25, -0.2) is 9.82 Å². The van der Waals surface area contributed by atoms with E-state index in [0.717, 1.165) is 0 Å². The summed E-state index contributed by atoms with van der Waals surface area (Å²) in [6.07, 6.45) is 1.30. The highest BCUT2D eigenvalue weighted by Crippen LogP contribution is 2.37. The highest BCUT2D eigenvalue weighted by Gasteiger charge is 2.16. The lowest BCUT2D eigenvalue weighted by Gasteiger charge is -2.14. The van der Waals surface area contributed by atoms with E-state index in [1.165, 1.54) is 43.7 Å². The monoisotopic (exact) mass is 601 g/mol. The number of ether oxygens (including phenoxy) is 2. The molecule has 0 fully saturated rings. The molecule has 7 nitrogen and oxygen atoms in total. The van der Waals surface area contributed by atoms with E-state index in [-0.39, 0.29) is 22.9 Å². The Labute approximate surface area is 223 Å². The van der Waals surface area contributed by atoms with E-state index < -0.39 is 17.6 Å². The van der Waals surface area contributed by atoms with E-state index in [0.29, 0.717) is 31.6 Å². The number of anilines is 1. The van der Waals surface area contributed by atoms with Gasteiger partial charge in [0.2, 0.25) is 0 Å². The molecular weight excluding hydrogens is 588 g/mol. The van der Waals surface area contributed by atoms with Crippen LogP contribution in [-0.4, -0.2) is 25.1 Å². The molecule has 3 aromatic rings. The smallest absolute Gasteiger partial charge is 0.329 e. The third-order valence-electron chi connectivity index (χ3n) is 4.38. The van der Waals surface area contributed by atoms with Gasteiger partial charge in [0.25, 0.3) is 0 Å². The third-order valence-corrected chi connectivity index (χ3v) is 5.76. The second-order valence-electron chi connectivity index (χ2n) is 6.83. The summed E-state index contributed by atoms with van der Waals surface area (Å²) in [7, 11) is 1.43. The van der Waals surface area contributed by atoms with Crippen molar-refractivity contribution in [1.29, 1.82) is 0 Å². The van der Waals surface area contributed by atoms with Crippen molar-refractivity contribution in [2.24, 2.45) is 5.10 Å². The Bertz CT molecular complexity index is 1270. The second-order valence-corrected chi connectivity index (χ2v) is 8.97. The van der Waals surface area contributed by atoms with E-state index in [4.69, 9.17) is 44.3 Å². The lowest BCUT2D eigenvalue weighted by Crippen LogP contribution is -2.32. The Kier molecular flexibility index (Phi) is 9.33. The molecule has 3 aromatic carbocycles. The molecule has 0 atom stereocenters. The summed E-state index contributed by atoms with van der Waals surface area (Å²) in [5.74, 6) is -1.84. The van der Waals surface area contributed by atoms with E-state index in [1.54, 1.807) is 18.2 Å². The minimum Gasteiger partial charge on any atom is -0.493 e. The van der Waals surface area contributed by atoms with Gasteiger partial charge < -0.3 is 14.8 Å². The number of methoxy groups -OCH3 is 1. The molecule has 12 heteroatoms. The lowest BCUT2D eigenvalue weighted by molar-refractivity contribution is -0.136. The zero-order valence-electron chi connectivity index (χ0n) is 17.9. The van der Waals surface area contributed by atoms with Crippen molar-refractivity contribution in [3.05, 3.63) is 85.0 Å². The largest absolute Gasteiger partial charge is 0.493 e. The summed E-state index contributed by atoms with van der Waals surface area (Å²) in [4.78, 5) is 24.1. The minimum atomic E-state index is -1.01. The van der Waals surface area contributed by atoms with Crippen molar-refractivity contribution < 1.29 is 23.5 Å². The van der Waals surface area contributed by atoms with Gasteiger partial charge in [0.1, 0.15) is 12.4 Å². The molecule has 0 unspecified atom stereocenters. The standard InChI is InChI=1S/C23H16BrCl3FN3O4/c1-34-20-6-12(5-17(24)21(20)35-11-16-18(27)3-2-4-19(16)28)10-29-31-23(33)22(32)30-15-8-13(25)7-14(26)9-15/h2-10H,11H2,1H3,(H,30,32)(H,31,33)/b29-10+. The molecule has 0 aromatic heterocycles. The average molecular weight is 604 g/mol. The zero-order valence-corrected chi connectivity index (χ0v) is 21.7. The van der Waals surface area contributed by atoms with E-state index in [9.17, 15) is 14.0 Å². The first-order valence-electron chi connectivity index (χ1n) is 9.71. The van der Waals surface area contributed by atoms with E-state index in [2.05, 4.69) is 31.8 Å². The Balaban J connectivity index is 1.65. The third kappa shape index (κ3) is 7.32. The Morgan fingerprint density at radius 1 is 1.09 bits per heavy atom. The second kappa shape index (κ2) is 12.2. The van der Waals surface area contributed by atoms with Gasteiger partial charge in [-0.05, 0) is 64.0 Å². The topological polar surface area (TPSA) is 89.0 Å². The molecule has 0 aliphatic carbocycles. The van der Waals surface area contributed by atoms with Gasteiger partial charge >= 0.3 is 11.8 Å². The molecule has 0 spiro atoms. The van der Waals surface area contributed by atoms with Gasteiger partial charge in [0, 0.05) is 21.3 Å². The highest BCUT2D eigenvalue weighted by molar-refractivity contribution is 9.10. The molecule has 0 radical (unpaired) electrons. The normalized spacial score (nSPS) is 10.8. The predicted molar refractivity (Wildman–Crippen MR) is 137 cm³/mol. The van der Waals surface area contributed by atoms with Gasteiger partial charge in [0.15, 0.2) is 11.5 Å². The molecule has 182 valence electrons. The molecule has 2 amide bonds. The van der Waals surface area contributed by atoms with Crippen LogP contribution in [0.1, 0.15) is 11.1 Å². The molecule has 3 rings (SSSR count). The van der Waals surface area contributed by atoms with Crippen LogP contribution in [0.2, 0.25) is 15.1 Å². The maximum Gasteiger partial charge on any atom is 0.329 e. The molecule has 0 saturated carbocycles. The van der Waals surface area contributed by atoms with Crippen molar-refractivity contribution in [1.82, 2.24) is 5.43 Å². The van der Waals surface area contributed by atoms with Crippen LogP contribution in [0, 0.1) is 5.82 Å². The highest BCUT2D eigenvalue weighted by atomic mass is 79.9. The number of nitrogens with one attached hydrogen (secondary N) is 2. The number of carbonyl (C=O) groups is 2. The average Bonchev–Trinajstić information content (AvgIpc) is 2.78. The number of hydrogen-bond donors (Lipinski definition) is 2. The van der Waals surface area contributed by atoms with Crippen molar-refractivity contribution in [3.63, 3.8) is 0 Å². The number of hydrogen-bond acceptors (Lipinski definition) is 5. The SMILES string of the molecule is COc1cc(/C=N/NC(=O)C(=O)Nc2cc(Cl)cc(Cl)c2)cc(Br)c1OCc1c(F)cccc1Cl. The molecule has 0 saturated heterocycles. The van der Waals surface area contributed by atoms with Gasteiger partial charge in [0.05, 0.1) is 22.8 Å². The maximum atomic E-state index is 14.0. The summed E-state index contributed by atoms with van der Waals surface area (Å²) >= 11 is 21.2. The van der Waals surface area contributed by atoms with Gasteiger partial charge in [-0.15, -0.1) is 0 Å². The molecule has 0 aliphatic rings. The van der Waals surface area contributed by atoms with Gasteiger partial charge in [-0.3, -0.25) is 9.59 Å². The number of rotatable bonds is 7. The molecular formula is C23H16BrCl3FN3O4. The first-order valence-corrected chi connectivity index (χ1v) is 11.6. The fraction of sp³-hybridized carbons (Fsp3) is 0.0870. The summed E-state index contributed by atoms with van der Waals surface area (Å²) in [5.41, 5.74) is 3.09. The fourth-order valence-corrected chi connectivity index (χ4v) is 4.12. The first kappa shape index (κ1) is 26.7. The number of benzene rings is 3. The van der Waals surface area contributed by atoms with Crippen molar-refractivity contribution >= 4 is 74.4 Å². The van der Waals surface area contributed by atoms with Crippen molar-refractivity contribution in [3.8, 4) is 11.5 Å². The Morgan fingerprint density at radius 3 is 2.46 bits per heavy atom. The Hall–Kier alpha value is -2.85. The maximum absolute atomic E-state index is 14.0. The fourth-order valence-electron chi connectivity index (χ4n) is 2.80. The van der Waals surface area contributed by atoms with Gasteiger partial charge in [-0.1, -0.05) is 40.9 Å². The quantitative estimate of drug-likeness (QED) is 0.191. The number of nitrogens with zero attached hydrogens (tertiary/aromatic N) is 1. The van der Waals surface area contributed by atoms with Gasteiger partial charge in [-0.2, -0.15) is 5.10 Å². The van der Waals surface area contributed by atoms with Crippen LogP contribution in [0.4, 0.5) is 10.1 Å². The molecule has 2 N–H and O–H groups in total. The van der Waals surface area contributed by atoms with Crippen LogP contribution in [0.3, 0.4) is 0 Å². The van der Waals surface area contributed by atoms with Crippen LogP contribution >= 0.6 is 50.7 Å². The number of hydrazone groups is 1. The van der Waals surface area contributed by atoms with Crippen molar-refractivity contribution in [2.75, 3.05) is 12.4 Å². The number of halogens is 5. The van der Waals surface area contributed by atoms with Crippen LogP contribution in [0.25, 0.3) is 0 Å². The molecule has 0 bridgehead atoms. The van der Waals surface area contributed by atoms with Crippen LogP contribution in [0.5, 0.6) is 11.5 Å². The van der Waals surface area contributed by atoms with Crippen molar-refractivity contribution in [2.45, 2.75) is 6.61 Å². The summed E-state index contributed by atoms with van der Waals surface area (Å²) in [6, 6.07) is 11.9. The predicted octanol–water partition coefficient (Wildman–Crippen LogP) is 6.22.